The SMILES string of the molecule is OC/C(=C\COc1ccccc1)c1ccccc1Br. The molecule has 0 spiro atoms. The van der Waals surface area contributed by atoms with Crippen molar-refractivity contribution < 1.29 is 9.84 Å². The summed E-state index contributed by atoms with van der Waals surface area (Å²) in [6.07, 6.45) is 1.90. The summed E-state index contributed by atoms with van der Waals surface area (Å²) in [5.41, 5.74) is 1.84. The van der Waals surface area contributed by atoms with Crippen LogP contribution in [0.15, 0.2) is 65.1 Å². The van der Waals surface area contributed by atoms with E-state index in [1.807, 2.05) is 60.7 Å². The second-order valence-electron chi connectivity index (χ2n) is 3.99. The van der Waals surface area contributed by atoms with Crippen LogP contribution < -0.4 is 4.74 Å². The second-order valence-corrected chi connectivity index (χ2v) is 4.85. The van der Waals surface area contributed by atoms with Gasteiger partial charge in [-0.15, -0.1) is 0 Å². The molecule has 0 aliphatic heterocycles. The first-order valence-electron chi connectivity index (χ1n) is 6.04. The van der Waals surface area contributed by atoms with E-state index >= 15 is 0 Å². The number of rotatable bonds is 5. The topological polar surface area (TPSA) is 29.5 Å². The lowest BCUT2D eigenvalue weighted by atomic mass is 10.1. The van der Waals surface area contributed by atoms with Crippen LogP contribution in [0, 0.1) is 0 Å². The fourth-order valence-electron chi connectivity index (χ4n) is 1.74. The lowest BCUT2D eigenvalue weighted by molar-refractivity contribution is 0.343. The Morgan fingerprint density at radius 3 is 2.42 bits per heavy atom. The molecule has 0 aliphatic rings. The van der Waals surface area contributed by atoms with Gasteiger partial charge >= 0.3 is 0 Å². The third-order valence-electron chi connectivity index (χ3n) is 2.71. The molecule has 0 heterocycles. The van der Waals surface area contributed by atoms with Crippen LogP contribution in [0.4, 0.5) is 0 Å². The van der Waals surface area contributed by atoms with Gasteiger partial charge in [-0.1, -0.05) is 52.3 Å². The normalized spacial score (nSPS) is 11.4. The monoisotopic (exact) mass is 318 g/mol. The average molecular weight is 319 g/mol. The number of halogens is 1. The third kappa shape index (κ3) is 3.94. The van der Waals surface area contributed by atoms with E-state index in [0.717, 1.165) is 21.4 Å². The molecule has 3 heteroatoms. The summed E-state index contributed by atoms with van der Waals surface area (Å²) < 4.78 is 6.56. The van der Waals surface area contributed by atoms with Crippen molar-refractivity contribution in [3.05, 3.63) is 70.7 Å². The van der Waals surface area contributed by atoms with Crippen molar-refractivity contribution in [3.8, 4) is 5.75 Å². The fourth-order valence-corrected chi connectivity index (χ4v) is 2.28. The highest BCUT2D eigenvalue weighted by Gasteiger charge is 2.04. The quantitative estimate of drug-likeness (QED) is 0.905. The van der Waals surface area contributed by atoms with Gasteiger partial charge in [0.25, 0.3) is 0 Å². The van der Waals surface area contributed by atoms with Crippen LogP contribution in [-0.4, -0.2) is 18.3 Å². The number of para-hydroxylation sites is 1. The minimum absolute atomic E-state index is 0.0131. The standard InChI is InChI=1S/C16H15BrO2/c17-16-9-5-4-8-15(16)13(12-18)10-11-19-14-6-2-1-3-7-14/h1-10,18H,11-12H2/b13-10+. The molecule has 2 aromatic carbocycles. The molecule has 2 aromatic rings. The number of hydrogen-bond donors (Lipinski definition) is 1. The third-order valence-corrected chi connectivity index (χ3v) is 3.40. The van der Waals surface area contributed by atoms with E-state index in [-0.39, 0.29) is 6.61 Å². The lowest BCUT2D eigenvalue weighted by Crippen LogP contribution is -1.98. The van der Waals surface area contributed by atoms with Gasteiger partial charge in [-0.05, 0) is 35.4 Å². The largest absolute Gasteiger partial charge is 0.490 e. The van der Waals surface area contributed by atoms with Crippen molar-refractivity contribution in [2.45, 2.75) is 0 Å². The van der Waals surface area contributed by atoms with E-state index in [2.05, 4.69) is 15.9 Å². The number of aliphatic hydroxyl groups excluding tert-OH is 1. The molecule has 2 rings (SSSR count). The predicted octanol–water partition coefficient (Wildman–Crippen LogP) is 3.90. The van der Waals surface area contributed by atoms with E-state index in [1.54, 1.807) is 0 Å². The molecule has 0 bridgehead atoms. The highest BCUT2D eigenvalue weighted by molar-refractivity contribution is 9.10. The zero-order valence-electron chi connectivity index (χ0n) is 10.4. The summed E-state index contributed by atoms with van der Waals surface area (Å²) in [6.45, 7) is 0.419. The number of ether oxygens (including phenoxy) is 1. The summed E-state index contributed by atoms with van der Waals surface area (Å²) >= 11 is 3.48. The number of benzene rings is 2. The van der Waals surface area contributed by atoms with Crippen molar-refractivity contribution >= 4 is 21.5 Å². The fraction of sp³-hybridized carbons (Fsp3) is 0.125. The zero-order valence-corrected chi connectivity index (χ0v) is 12.0. The van der Waals surface area contributed by atoms with Gasteiger partial charge in [-0.25, -0.2) is 0 Å². The highest BCUT2D eigenvalue weighted by atomic mass is 79.9. The molecular formula is C16H15BrO2. The Labute approximate surface area is 121 Å². The van der Waals surface area contributed by atoms with Crippen LogP contribution in [0.2, 0.25) is 0 Å². The number of aliphatic hydroxyl groups is 1. The predicted molar refractivity (Wildman–Crippen MR) is 81.1 cm³/mol. The Kier molecular flexibility index (Phi) is 5.19. The van der Waals surface area contributed by atoms with Crippen LogP contribution >= 0.6 is 15.9 Å². The van der Waals surface area contributed by atoms with Crippen molar-refractivity contribution in [1.29, 1.82) is 0 Å². The van der Waals surface area contributed by atoms with E-state index in [4.69, 9.17) is 4.74 Å². The molecule has 0 fully saturated rings. The maximum Gasteiger partial charge on any atom is 0.119 e. The molecule has 0 aliphatic carbocycles. The molecule has 2 nitrogen and oxygen atoms in total. The van der Waals surface area contributed by atoms with Gasteiger partial charge in [-0.3, -0.25) is 0 Å². The first-order valence-corrected chi connectivity index (χ1v) is 6.83. The van der Waals surface area contributed by atoms with Gasteiger partial charge in [0.15, 0.2) is 0 Å². The van der Waals surface area contributed by atoms with Gasteiger partial charge in [0.2, 0.25) is 0 Å². The van der Waals surface area contributed by atoms with Crippen molar-refractivity contribution in [2.24, 2.45) is 0 Å². The minimum Gasteiger partial charge on any atom is -0.490 e. The molecular weight excluding hydrogens is 304 g/mol. The van der Waals surface area contributed by atoms with Crippen LogP contribution in [0.5, 0.6) is 5.75 Å². The Morgan fingerprint density at radius 2 is 1.74 bits per heavy atom. The molecule has 98 valence electrons. The molecule has 0 saturated heterocycles. The van der Waals surface area contributed by atoms with Gasteiger partial charge in [-0.2, -0.15) is 0 Å². The second kappa shape index (κ2) is 7.12. The smallest absolute Gasteiger partial charge is 0.119 e. The van der Waals surface area contributed by atoms with Crippen LogP contribution in [0.25, 0.3) is 5.57 Å². The summed E-state index contributed by atoms with van der Waals surface area (Å²) in [5.74, 6) is 0.822. The molecule has 1 N–H and O–H groups in total. The molecule has 0 amide bonds. The van der Waals surface area contributed by atoms with E-state index in [9.17, 15) is 5.11 Å². The Morgan fingerprint density at radius 1 is 1.05 bits per heavy atom. The van der Waals surface area contributed by atoms with Gasteiger partial charge in [0, 0.05) is 4.47 Å². The molecule has 0 radical (unpaired) electrons. The van der Waals surface area contributed by atoms with Crippen molar-refractivity contribution in [2.75, 3.05) is 13.2 Å². The van der Waals surface area contributed by atoms with E-state index < -0.39 is 0 Å². The minimum atomic E-state index is -0.0131. The maximum absolute atomic E-state index is 9.46. The van der Waals surface area contributed by atoms with E-state index in [0.29, 0.717) is 6.61 Å². The Balaban J connectivity index is 2.06. The molecule has 0 atom stereocenters. The van der Waals surface area contributed by atoms with Gasteiger partial charge < -0.3 is 9.84 Å². The number of hydrogen-bond acceptors (Lipinski definition) is 2. The average Bonchev–Trinajstić information content (AvgIpc) is 2.46. The first-order chi connectivity index (χ1) is 9.31. The zero-order chi connectivity index (χ0) is 13.5. The Bertz CT molecular complexity index is 550. The summed E-state index contributed by atoms with van der Waals surface area (Å²) in [4.78, 5) is 0. The van der Waals surface area contributed by atoms with Crippen LogP contribution in [-0.2, 0) is 0 Å². The Hall–Kier alpha value is -1.58. The van der Waals surface area contributed by atoms with E-state index in [1.165, 1.54) is 0 Å². The van der Waals surface area contributed by atoms with Gasteiger partial charge in [0.05, 0.1) is 6.61 Å². The summed E-state index contributed by atoms with van der Waals surface area (Å²) in [7, 11) is 0. The summed E-state index contributed by atoms with van der Waals surface area (Å²) in [6, 6.07) is 17.4. The van der Waals surface area contributed by atoms with Crippen molar-refractivity contribution in [1.82, 2.24) is 0 Å². The highest BCUT2D eigenvalue weighted by Crippen LogP contribution is 2.23. The molecule has 0 saturated carbocycles. The lowest BCUT2D eigenvalue weighted by Gasteiger charge is -2.08. The van der Waals surface area contributed by atoms with Crippen LogP contribution in [0.3, 0.4) is 0 Å². The van der Waals surface area contributed by atoms with Crippen molar-refractivity contribution in [3.63, 3.8) is 0 Å². The first kappa shape index (κ1) is 13.8. The molecule has 0 unspecified atom stereocenters. The molecule has 19 heavy (non-hydrogen) atoms. The summed E-state index contributed by atoms with van der Waals surface area (Å²) in [5, 5.41) is 9.46. The maximum atomic E-state index is 9.46. The van der Waals surface area contributed by atoms with Crippen LogP contribution in [0.1, 0.15) is 5.56 Å². The molecule has 0 aromatic heterocycles. The van der Waals surface area contributed by atoms with Gasteiger partial charge in [0.1, 0.15) is 12.4 Å².